The van der Waals surface area contributed by atoms with Gasteiger partial charge < -0.3 is 14.4 Å². The van der Waals surface area contributed by atoms with Gasteiger partial charge in [0.1, 0.15) is 18.4 Å². The maximum atomic E-state index is 12.2. The molecule has 2 aliphatic heterocycles. The molecule has 4 heterocycles. The normalized spacial score (nSPS) is 20.2. The third-order valence-electron chi connectivity index (χ3n) is 5.45. The number of pyridine rings is 1. The fourth-order valence-corrected chi connectivity index (χ4v) is 4.03. The minimum absolute atomic E-state index is 0.0458. The molecule has 2 aromatic heterocycles. The van der Waals surface area contributed by atoms with Crippen molar-refractivity contribution < 1.29 is 19.2 Å². The van der Waals surface area contributed by atoms with E-state index in [1.165, 1.54) is 0 Å². The van der Waals surface area contributed by atoms with E-state index in [4.69, 9.17) is 14.4 Å². The van der Waals surface area contributed by atoms with Crippen LogP contribution in [0.1, 0.15) is 24.7 Å². The van der Waals surface area contributed by atoms with Crippen molar-refractivity contribution in [1.29, 1.82) is 0 Å². The number of rotatable bonds is 4. The van der Waals surface area contributed by atoms with Gasteiger partial charge in [-0.15, -0.1) is 0 Å². The Morgan fingerprint density at radius 1 is 1.18 bits per heavy atom. The number of carbonyl (C=O) groups is 1. The summed E-state index contributed by atoms with van der Waals surface area (Å²) in [6, 6.07) is 11.8. The number of fused-ring (bicyclic) bond motifs is 3. The van der Waals surface area contributed by atoms with Gasteiger partial charge in [0.25, 0.3) is 0 Å². The predicted molar refractivity (Wildman–Crippen MR) is 102 cm³/mol. The number of aliphatic hydroxyl groups excluding tert-OH is 1. The molecule has 0 radical (unpaired) electrons. The molecule has 28 heavy (non-hydrogen) atoms. The molecule has 5 rings (SSSR count). The highest BCUT2D eigenvalue weighted by Gasteiger charge is 2.46. The molecule has 7 nitrogen and oxygen atoms in total. The lowest BCUT2D eigenvalue weighted by atomic mass is 10.00. The van der Waals surface area contributed by atoms with Crippen LogP contribution in [0.2, 0.25) is 0 Å². The summed E-state index contributed by atoms with van der Waals surface area (Å²) in [6.07, 6.45) is 3.13. The van der Waals surface area contributed by atoms with Gasteiger partial charge in [0.2, 0.25) is 0 Å². The fourth-order valence-electron chi connectivity index (χ4n) is 4.03. The van der Waals surface area contributed by atoms with Gasteiger partial charge in [-0.05, 0) is 42.2 Å². The molecule has 1 saturated heterocycles. The summed E-state index contributed by atoms with van der Waals surface area (Å²) in [7, 11) is 0. The second-order valence-corrected chi connectivity index (χ2v) is 7.08. The van der Waals surface area contributed by atoms with Crippen LogP contribution in [0.3, 0.4) is 0 Å². The van der Waals surface area contributed by atoms with E-state index in [9.17, 15) is 4.79 Å². The van der Waals surface area contributed by atoms with Crippen LogP contribution < -0.4 is 4.90 Å². The molecule has 7 heteroatoms. The number of benzene rings is 1. The van der Waals surface area contributed by atoms with E-state index in [0.29, 0.717) is 17.1 Å². The molecule has 0 spiro atoms. The summed E-state index contributed by atoms with van der Waals surface area (Å²) in [6.45, 7) is 1.85. The minimum atomic E-state index is -0.246. The number of cyclic esters (lactones) is 1. The zero-order valence-corrected chi connectivity index (χ0v) is 15.3. The topological polar surface area (TPSA) is 88.7 Å². The second kappa shape index (κ2) is 6.45. The van der Waals surface area contributed by atoms with Crippen molar-refractivity contribution >= 4 is 11.8 Å². The SMILES string of the molecule is CCC1OC(=O)N2c3ccc(-c4ccc(-c5cc(CO)on5)nc4)cc3CC12. The summed E-state index contributed by atoms with van der Waals surface area (Å²) >= 11 is 0. The summed E-state index contributed by atoms with van der Waals surface area (Å²) in [5, 5.41) is 13.0. The Morgan fingerprint density at radius 3 is 2.75 bits per heavy atom. The van der Waals surface area contributed by atoms with E-state index < -0.39 is 0 Å². The van der Waals surface area contributed by atoms with Crippen molar-refractivity contribution in [3.63, 3.8) is 0 Å². The van der Waals surface area contributed by atoms with E-state index >= 15 is 0 Å². The van der Waals surface area contributed by atoms with Crippen LogP contribution in [0.5, 0.6) is 0 Å². The number of ether oxygens (including phenoxy) is 1. The van der Waals surface area contributed by atoms with Gasteiger partial charge in [-0.3, -0.25) is 9.88 Å². The molecule has 0 aliphatic carbocycles. The van der Waals surface area contributed by atoms with E-state index in [-0.39, 0.29) is 24.8 Å². The first-order chi connectivity index (χ1) is 13.7. The lowest BCUT2D eigenvalue weighted by molar-refractivity contribution is 0.129. The molecule has 1 N–H and O–H groups in total. The second-order valence-electron chi connectivity index (χ2n) is 7.08. The number of amides is 1. The van der Waals surface area contributed by atoms with E-state index in [2.05, 4.69) is 16.2 Å². The van der Waals surface area contributed by atoms with Crippen LogP contribution in [0.25, 0.3) is 22.5 Å². The van der Waals surface area contributed by atoms with Crippen LogP contribution in [0.15, 0.2) is 47.1 Å². The Balaban J connectivity index is 1.43. The van der Waals surface area contributed by atoms with Crippen molar-refractivity contribution in [2.75, 3.05) is 4.90 Å². The van der Waals surface area contributed by atoms with Crippen molar-refractivity contribution in [2.45, 2.75) is 38.5 Å². The summed E-state index contributed by atoms with van der Waals surface area (Å²) < 4.78 is 10.5. The van der Waals surface area contributed by atoms with E-state index in [1.807, 2.05) is 31.2 Å². The molecule has 2 atom stereocenters. The van der Waals surface area contributed by atoms with Crippen molar-refractivity contribution in [3.8, 4) is 22.5 Å². The zero-order valence-electron chi connectivity index (χ0n) is 15.3. The van der Waals surface area contributed by atoms with Crippen molar-refractivity contribution in [2.24, 2.45) is 0 Å². The Bertz CT molecular complexity index is 1040. The molecule has 1 aromatic carbocycles. The minimum Gasteiger partial charge on any atom is -0.444 e. The molecule has 1 fully saturated rings. The van der Waals surface area contributed by atoms with Crippen molar-refractivity contribution in [1.82, 2.24) is 10.1 Å². The van der Waals surface area contributed by atoms with Crippen LogP contribution in [-0.4, -0.2) is 33.5 Å². The molecule has 2 unspecified atom stereocenters. The Hall–Kier alpha value is -3.19. The predicted octanol–water partition coefficient (Wildman–Crippen LogP) is 3.56. The number of carbonyl (C=O) groups excluding carboxylic acids is 1. The van der Waals surface area contributed by atoms with Crippen LogP contribution in [0.4, 0.5) is 10.5 Å². The highest BCUT2D eigenvalue weighted by atomic mass is 16.6. The Morgan fingerprint density at radius 2 is 2.04 bits per heavy atom. The maximum Gasteiger partial charge on any atom is 0.415 e. The zero-order chi connectivity index (χ0) is 19.3. The Kier molecular flexibility index (Phi) is 3.91. The van der Waals surface area contributed by atoms with Gasteiger partial charge in [0.05, 0.1) is 17.4 Å². The highest BCUT2D eigenvalue weighted by molar-refractivity contribution is 5.94. The number of nitrogens with zero attached hydrogens (tertiary/aromatic N) is 3. The monoisotopic (exact) mass is 377 g/mol. The van der Waals surface area contributed by atoms with E-state index in [0.717, 1.165) is 35.2 Å². The van der Waals surface area contributed by atoms with Gasteiger partial charge in [-0.25, -0.2) is 4.79 Å². The number of hydrogen-bond acceptors (Lipinski definition) is 6. The van der Waals surface area contributed by atoms with Gasteiger partial charge in [-0.2, -0.15) is 0 Å². The molecule has 0 bridgehead atoms. The highest BCUT2D eigenvalue weighted by Crippen LogP contribution is 2.41. The standard InChI is InChI=1S/C21H19N3O4/c1-2-20-19-8-14-7-12(4-6-18(14)24(19)21(26)27-20)13-3-5-16(22-10-13)17-9-15(11-25)28-23-17/h3-7,9-10,19-20,25H,2,8,11H2,1H3. The van der Waals surface area contributed by atoms with Crippen molar-refractivity contribution in [3.05, 3.63) is 53.9 Å². The third kappa shape index (κ3) is 2.58. The Labute approximate surface area is 161 Å². The van der Waals surface area contributed by atoms with Gasteiger partial charge in [-0.1, -0.05) is 24.2 Å². The molecule has 2 aliphatic rings. The number of anilines is 1. The van der Waals surface area contributed by atoms with Gasteiger partial charge in [0.15, 0.2) is 5.76 Å². The molecule has 1 amide bonds. The molecule has 3 aromatic rings. The quantitative estimate of drug-likeness (QED) is 0.748. The number of hydrogen-bond donors (Lipinski definition) is 1. The van der Waals surface area contributed by atoms with Gasteiger partial charge in [0, 0.05) is 17.8 Å². The van der Waals surface area contributed by atoms with E-state index in [1.54, 1.807) is 17.2 Å². The van der Waals surface area contributed by atoms with Crippen LogP contribution in [0, 0.1) is 0 Å². The largest absolute Gasteiger partial charge is 0.444 e. The van der Waals surface area contributed by atoms with Gasteiger partial charge >= 0.3 is 6.09 Å². The summed E-state index contributed by atoms with van der Waals surface area (Å²) in [5.41, 5.74) is 5.41. The average molecular weight is 377 g/mol. The molecular formula is C21H19N3O4. The lowest BCUT2D eigenvalue weighted by Crippen LogP contribution is -2.32. The molecular weight excluding hydrogens is 358 g/mol. The first-order valence-electron chi connectivity index (χ1n) is 9.34. The fraction of sp³-hybridized carbons (Fsp3) is 0.286. The number of aromatic nitrogens is 2. The lowest BCUT2D eigenvalue weighted by Gasteiger charge is -2.15. The number of aliphatic hydroxyl groups is 1. The maximum absolute atomic E-state index is 12.2. The summed E-state index contributed by atoms with van der Waals surface area (Å²) in [4.78, 5) is 18.5. The molecule has 0 saturated carbocycles. The summed E-state index contributed by atoms with van der Waals surface area (Å²) in [5.74, 6) is 0.406. The smallest absolute Gasteiger partial charge is 0.415 e. The van der Waals surface area contributed by atoms with Crippen LogP contribution in [-0.2, 0) is 17.8 Å². The first kappa shape index (κ1) is 16.9. The third-order valence-corrected chi connectivity index (χ3v) is 5.45. The first-order valence-corrected chi connectivity index (χ1v) is 9.34. The van der Waals surface area contributed by atoms with Crippen LogP contribution >= 0.6 is 0 Å². The average Bonchev–Trinajstić information content (AvgIpc) is 3.42. The molecule has 142 valence electrons.